The normalized spacial score (nSPS) is 39.6. The standard InChI is InChI=1S/C9H17O/c1-7-5-4-6-9(2,3)8(7)10/h4,7-8,10H,5-6H2,1-3H3. The van der Waals surface area contributed by atoms with Crippen LogP contribution in [0.1, 0.15) is 33.6 Å². The molecule has 0 saturated heterocycles. The molecule has 1 nitrogen and oxygen atoms in total. The maximum absolute atomic E-state index is 9.69. The van der Waals surface area contributed by atoms with Gasteiger partial charge in [-0.25, -0.2) is 0 Å². The summed E-state index contributed by atoms with van der Waals surface area (Å²) in [5.41, 5.74) is 0.109. The van der Waals surface area contributed by atoms with E-state index in [1.54, 1.807) is 0 Å². The van der Waals surface area contributed by atoms with Crippen molar-refractivity contribution in [3.05, 3.63) is 6.42 Å². The fourth-order valence-corrected chi connectivity index (χ4v) is 1.74. The summed E-state index contributed by atoms with van der Waals surface area (Å²) in [5, 5.41) is 9.69. The van der Waals surface area contributed by atoms with Crippen LogP contribution < -0.4 is 0 Å². The second-order valence-corrected chi connectivity index (χ2v) is 4.14. The first-order valence-electron chi connectivity index (χ1n) is 4.04. The van der Waals surface area contributed by atoms with Crippen molar-refractivity contribution in [3.63, 3.8) is 0 Å². The molecule has 0 bridgehead atoms. The molecule has 59 valence electrons. The van der Waals surface area contributed by atoms with Crippen LogP contribution in [-0.4, -0.2) is 11.2 Å². The molecule has 1 N–H and O–H groups in total. The summed E-state index contributed by atoms with van der Waals surface area (Å²) in [6.07, 6.45) is 4.30. The zero-order chi connectivity index (χ0) is 7.78. The SMILES string of the molecule is CC1C[CH]CC(C)(C)C1O. The van der Waals surface area contributed by atoms with E-state index >= 15 is 0 Å². The van der Waals surface area contributed by atoms with E-state index in [-0.39, 0.29) is 11.5 Å². The molecular weight excluding hydrogens is 124 g/mol. The van der Waals surface area contributed by atoms with E-state index in [9.17, 15) is 5.11 Å². The minimum atomic E-state index is -0.113. The number of rotatable bonds is 0. The number of aliphatic hydroxyl groups is 1. The van der Waals surface area contributed by atoms with E-state index in [1.165, 1.54) is 0 Å². The van der Waals surface area contributed by atoms with Crippen LogP contribution in [0.4, 0.5) is 0 Å². The predicted molar refractivity (Wildman–Crippen MR) is 42.5 cm³/mol. The molecule has 0 aromatic heterocycles. The Morgan fingerprint density at radius 2 is 2.10 bits per heavy atom. The Hall–Kier alpha value is -0.0400. The highest BCUT2D eigenvalue weighted by Crippen LogP contribution is 2.37. The summed E-state index contributed by atoms with van der Waals surface area (Å²) < 4.78 is 0. The van der Waals surface area contributed by atoms with Gasteiger partial charge in [-0.1, -0.05) is 20.8 Å². The fraction of sp³-hybridized carbons (Fsp3) is 0.889. The van der Waals surface area contributed by atoms with Crippen LogP contribution in [0.2, 0.25) is 0 Å². The van der Waals surface area contributed by atoms with Crippen LogP contribution in [0.5, 0.6) is 0 Å². The van der Waals surface area contributed by atoms with Crippen LogP contribution in [0.25, 0.3) is 0 Å². The van der Waals surface area contributed by atoms with Crippen molar-refractivity contribution in [2.75, 3.05) is 0 Å². The molecule has 0 heterocycles. The van der Waals surface area contributed by atoms with Crippen LogP contribution >= 0.6 is 0 Å². The van der Waals surface area contributed by atoms with Crippen molar-refractivity contribution in [2.24, 2.45) is 11.3 Å². The van der Waals surface area contributed by atoms with Gasteiger partial charge in [-0.15, -0.1) is 0 Å². The summed E-state index contributed by atoms with van der Waals surface area (Å²) in [4.78, 5) is 0. The molecule has 10 heavy (non-hydrogen) atoms. The van der Waals surface area contributed by atoms with Gasteiger partial charge >= 0.3 is 0 Å². The van der Waals surface area contributed by atoms with E-state index in [2.05, 4.69) is 27.2 Å². The second kappa shape index (κ2) is 2.54. The van der Waals surface area contributed by atoms with Crippen LogP contribution in [0.3, 0.4) is 0 Å². The molecule has 1 heteroatoms. The fourth-order valence-electron chi connectivity index (χ4n) is 1.74. The molecule has 1 rings (SSSR count). The van der Waals surface area contributed by atoms with Crippen LogP contribution in [-0.2, 0) is 0 Å². The van der Waals surface area contributed by atoms with Gasteiger partial charge < -0.3 is 5.11 Å². The summed E-state index contributed by atoms with van der Waals surface area (Å²) in [6, 6.07) is 0. The molecule has 1 radical (unpaired) electrons. The third-order valence-corrected chi connectivity index (χ3v) is 2.55. The highest BCUT2D eigenvalue weighted by Gasteiger charge is 2.35. The molecule has 1 saturated carbocycles. The summed E-state index contributed by atoms with van der Waals surface area (Å²) in [5.74, 6) is 0.448. The van der Waals surface area contributed by atoms with Gasteiger partial charge in [-0.3, -0.25) is 0 Å². The number of aliphatic hydroxyl groups excluding tert-OH is 1. The minimum Gasteiger partial charge on any atom is -0.392 e. The van der Waals surface area contributed by atoms with Gasteiger partial charge in [-0.2, -0.15) is 0 Å². The van der Waals surface area contributed by atoms with Gasteiger partial charge in [0.1, 0.15) is 0 Å². The first kappa shape index (κ1) is 8.06. The lowest BCUT2D eigenvalue weighted by Gasteiger charge is -2.39. The lowest BCUT2D eigenvalue weighted by Crippen LogP contribution is -2.38. The molecular formula is C9H17O. The number of hydrogen-bond donors (Lipinski definition) is 1. The van der Waals surface area contributed by atoms with Gasteiger partial charge in [0.2, 0.25) is 0 Å². The molecule has 2 atom stereocenters. The van der Waals surface area contributed by atoms with Crippen LogP contribution in [0, 0.1) is 17.8 Å². The largest absolute Gasteiger partial charge is 0.392 e. The van der Waals surface area contributed by atoms with Gasteiger partial charge in [-0.05, 0) is 30.6 Å². The minimum absolute atomic E-state index is 0.109. The van der Waals surface area contributed by atoms with Crippen molar-refractivity contribution in [2.45, 2.75) is 39.7 Å². The zero-order valence-corrected chi connectivity index (χ0v) is 7.09. The molecule has 0 amide bonds. The Balaban J connectivity index is 2.60. The van der Waals surface area contributed by atoms with Crippen molar-refractivity contribution < 1.29 is 5.11 Å². The molecule has 0 aromatic carbocycles. The zero-order valence-electron chi connectivity index (χ0n) is 7.09. The first-order valence-corrected chi connectivity index (χ1v) is 4.04. The average Bonchev–Trinajstić information content (AvgIpc) is 1.83. The van der Waals surface area contributed by atoms with Crippen molar-refractivity contribution in [1.82, 2.24) is 0 Å². The van der Waals surface area contributed by atoms with E-state index < -0.39 is 0 Å². The topological polar surface area (TPSA) is 20.2 Å². The third kappa shape index (κ3) is 1.34. The summed E-state index contributed by atoms with van der Waals surface area (Å²) in [7, 11) is 0. The average molecular weight is 141 g/mol. The lowest BCUT2D eigenvalue weighted by molar-refractivity contribution is -0.0104. The predicted octanol–water partition coefficient (Wildman–Crippen LogP) is 2.01. The summed E-state index contributed by atoms with van der Waals surface area (Å²) in [6.45, 7) is 6.37. The van der Waals surface area contributed by atoms with E-state index in [0.717, 1.165) is 12.8 Å². The Morgan fingerprint density at radius 1 is 1.50 bits per heavy atom. The molecule has 1 aliphatic carbocycles. The van der Waals surface area contributed by atoms with Crippen molar-refractivity contribution in [3.8, 4) is 0 Å². The number of hydrogen-bond acceptors (Lipinski definition) is 1. The van der Waals surface area contributed by atoms with Gasteiger partial charge in [0, 0.05) is 0 Å². The summed E-state index contributed by atoms with van der Waals surface area (Å²) >= 11 is 0. The van der Waals surface area contributed by atoms with Crippen molar-refractivity contribution >= 4 is 0 Å². The van der Waals surface area contributed by atoms with E-state index in [0.29, 0.717) is 5.92 Å². The molecule has 0 spiro atoms. The second-order valence-electron chi connectivity index (χ2n) is 4.14. The molecule has 2 unspecified atom stereocenters. The third-order valence-electron chi connectivity index (χ3n) is 2.55. The monoisotopic (exact) mass is 141 g/mol. The van der Waals surface area contributed by atoms with Crippen molar-refractivity contribution in [1.29, 1.82) is 0 Å². The highest BCUT2D eigenvalue weighted by molar-refractivity contribution is 4.93. The molecule has 0 aromatic rings. The van der Waals surface area contributed by atoms with E-state index in [4.69, 9.17) is 0 Å². The Kier molecular flexibility index (Phi) is 2.04. The van der Waals surface area contributed by atoms with Gasteiger partial charge in [0.05, 0.1) is 6.10 Å². The quantitative estimate of drug-likeness (QED) is 0.547. The molecule has 1 fully saturated rings. The smallest absolute Gasteiger partial charge is 0.0616 e. The van der Waals surface area contributed by atoms with Crippen LogP contribution in [0.15, 0.2) is 0 Å². The maximum atomic E-state index is 9.69. The highest BCUT2D eigenvalue weighted by atomic mass is 16.3. The van der Waals surface area contributed by atoms with E-state index in [1.807, 2.05) is 0 Å². The maximum Gasteiger partial charge on any atom is 0.0616 e. The Morgan fingerprint density at radius 3 is 2.50 bits per heavy atom. The molecule has 0 aliphatic heterocycles. The Bertz CT molecular complexity index is 118. The van der Waals surface area contributed by atoms with Gasteiger partial charge in [0.15, 0.2) is 0 Å². The molecule has 1 aliphatic rings. The van der Waals surface area contributed by atoms with Gasteiger partial charge in [0.25, 0.3) is 0 Å². The Labute approximate surface area is 63.4 Å². The first-order chi connectivity index (χ1) is 4.54. The lowest BCUT2D eigenvalue weighted by atomic mass is 9.70.